The van der Waals surface area contributed by atoms with Gasteiger partial charge >= 0.3 is 0 Å². The molecule has 3 heteroatoms. The summed E-state index contributed by atoms with van der Waals surface area (Å²) in [5, 5.41) is 1.27. The van der Waals surface area contributed by atoms with E-state index < -0.39 is 0 Å². The van der Waals surface area contributed by atoms with E-state index in [1.54, 1.807) is 0 Å². The Bertz CT molecular complexity index is 404. The zero-order chi connectivity index (χ0) is 11.3. The topological polar surface area (TPSA) is 31.9 Å². The van der Waals surface area contributed by atoms with Crippen LogP contribution in [-0.4, -0.2) is 29.0 Å². The molecule has 15 heavy (non-hydrogen) atoms. The van der Waals surface area contributed by atoms with Crippen molar-refractivity contribution in [1.82, 2.24) is 14.9 Å². The first kappa shape index (κ1) is 11.7. The van der Waals surface area contributed by atoms with Crippen molar-refractivity contribution in [2.45, 2.75) is 20.4 Å². The lowest BCUT2D eigenvalue weighted by Crippen LogP contribution is -2.09. The lowest BCUT2D eigenvalue weighted by atomic mass is 10.2. The van der Waals surface area contributed by atoms with Crippen LogP contribution in [0.1, 0.15) is 19.4 Å². The standard InChI is InChI=1S/C10H13N3.C2H6/c1-13(2)7-8-5-12-10-6-11-4-3-9(8)10;1-2/h3-6,12H,7H2,1-2H3;1-2H3. The molecular formula is C12H19N3. The van der Waals surface area contributed by atoms with Crippen LogP contribution in [0.25, 0.3) is 10.9 Å². The average molecular weight is 205 g/mol. The molecule has 2 heterocycles. The zero-order valence-electron chi connectivity index (χ0n) is 9.91. The summed E-state index contributed by atoms with van der Waals surface area (Å²) in [7, 11) is 4.14. The van der Waals surface area contributed by atoms with Gasteiger partial charge in [0.1, 0.15) is 0 Å². The maximum Gasteiger partial charge on any atom is 0.0643 e. The van der Waals surface area contributed by atoms with Gasteiger partial charge in [-0.15, -0.1) is 0 Å². The van der Waals surface area contributed by atoms with Gasteiger partial charge in [-0.1, -0.05) is 13.8 Å². The molecule has 2 aromatic rings. The predicted molar refractivity (Wildman–Crippen MR) is 64.8 cm³/mol. The molecule has 82 valence electrons. The molecule has 0 atom stereocenters. The van der Waals surface area contributed by atoms with Gasteiger partial charge in [0.25, 0.3) is 0 Å². The number of nitrogens with one attached hydrogen (secondary N) is 1. The molecule has 0 unspecified atom stereocenters. The first-order valence-corrected chi connectivity index (χ1v) is 5.32. The highest BCUT2D eigenvalue weighted by atomic mass is 15.0. The normalized spacial score (nSPS) is 10.2. The second kappa shape index (κ2) is 5.51. The minimum absolute atomic E-state index is 0.962. The van der Waals surface area contributed by atoms with Crippen LogP contribution in [0.4, 0.5) is 0 Å². The first-order valence-electron chi connectivity index (χ1n) is 5.32. The van der Waals surface area contributed by atoms with Gasteiger partial charge in [-0.2, -0.15) is 0 Å². The minimum Gasteiger partial charge on any atom is -0.360 e. The van der Waals surface area contributed by atoms with Crippen LogP contribution in [0.3, 0.4) is 0 Å². The molecule has 3 nitrogen and oxygen atoms in total. The maximum absolute atomic E-state index is 4.06. The number of nitrogens with zero attached hydrogens (tertiary/aromatic N) is 2. The Hall–Kier alpha value is -1.35. The molecule has 0 aliphatic rings. The van der Waals surface area contributed by atoms with Gasteiger partial charge in [0.15, 0.2) is 0 Å². The van der Waals surface area contributed by atoms with E-state index in [2.05, 4.69) is 29.0 Å². The smallest absolute Gasteiger partial charge is 0.0643 e. The molecule has 1 N–H and O–H groups in total. The molecule has 0 saturated carbocycles. The molecule has 0 fully saturated rings. The molecule has 0 bridgehead atoms. The fraction of sp³-hybridized carbons (Fsp3) is 0.417. The number of hydrogen-bond acceptors (Lipinski definition) is 2. The van der Waals surface area contributed by atoms with Crippen LogP contribution in [-0.2, 0) is 6.54 Å². The van der Waals surface area contributed by atoms with Crippen molar-refractivity contribution in [3.63, 3.8) is 0 Å². The lowest BCUT2D eigenvalue weighted by Gasteiger charge is -2.07. The third kappa shape index (κ3) is 2.80. The lowest BCUT2D eigenvalue weighted by molar-refractivity contribution is 0.404. The van der Waals surface area contributed by atoms with Crippen LogP contribution in [0.2, 0.25) is 0 Å². The van der Waals surface area contributed by atoms with Gasteiger partial charge < -0.3 is 9.88 Å². The van der Waals surface area contributed by atoms with Crippen molar-refractivity contribution >= 4 is 10.9 Å². The molecule has 0 aromatic carbocycles. The van der Waals surface area contributed by atoms with E-state index in [-0.39, 0.29) is 0 Å². The maximum atomic E-state index is 4.06. The van der Waals surface area contributed by atoms with Crippen LogP contribution in [0.5, 0.6) is 0 Å². The highest BCUT2D eigenvalue weighted by Gasteiger charge is 2.02. The summed E-state index contributed by atoms with van der Waals surface area (Å²) in [6.07, 6.45) is 5.73. The van der Waals surface area contributed by atoms with Crippen LogP contribution >= 0.6 is 0 Å². The van der Waals surface area contributed by atoms with Crippen molar-refractivity contribution < 1.29 is 0 Å². The fourth-order valence-electron chi connectivity index (χ4n) is 1.50. The van der Waals surface area contributed by atoms with Gasteiger partial charge in [-0.05, 0) is 25.7 Å². The quantitative estimate of drug-likeness (QED) is 0.817. The van der Waals surface area contributed by atoms with Gasteiger partial charge in [0.2, 0.25) is 0 Å². The van der Waals surface area contributed by atoms with Crippen molar-refractivity contribution in [1.29, 1.82) is 0 Å². The number of pyridine rings is 1. The molecule has 0 spiro atoms. The first-order chi connectivity index (χ1) is 7.27. The van der Waals surface area contributed by atoms with E-state index in [0.717, 1.165) is 12.1 Å². The number of rotatable bonds is 2. The molecular weight excluding hydrogens is 186 g/mol. The molecule has 0 amide bonds. The van der Waals surface area contributed by atoms with Gasteiger partial charge in [0, 0.05) is 24.3 Å². The summed E-state index contributed by atoms with van der Waals surface area (Å²) in [6.45, 7) is 4.96. The van der Waals surface area contributed by atoms with E-state index in [1.807, 2.05) is 38.5 Å². The number of aromatic nitrogens is 2. The molecule has 0 radical (unpaired) electrons. The van der Waals surface area contributed by atoms with E-state index in [0.29, 0.717) is 0 Å². The molecule has 2 rings (SSSR count). The van der Waals surface area contributed by atoms with Crippen molar-refractivity contribution in [3.8, 4) is 0 Å². The molecule has 0 saturated heterocycles. The van der Waals surface area contributed by atoms with Crippen LogP contribution in [0.15, 0.2) is 24.7 Å². The highest BCUT2D eigenvalue weighted by Crippen LogP contribution is 2.17. The van der Waals surface area contributed by atoms with Gasteiger partial charge in [-0.3, -0.25) is 4.98 Å². The van der Waals surface area contributed by atoms with Gasteiger partial charge in [-0.25, -0.2) is 0 Å². The van der Waals surface area contributed by atoms with Crippen molar-refractivity contribution in [3.05, 3.63) is 30.2 Å². The third-order valence-electron chi connectivity index (χ3n) is 2.06. The molecule has 2 aromatic heterocycles. The number of H-pyrrole nitrogens is 1. The SMILES string of the molecule is CC.CN(C)Cc1c[nH]c2cnccc12. The summed E-state index contributed by atoms with van der Waals surface area (Å²) < 4.78 is 0. The average Bonchev–Trinajstić information content (AvgIpc) is 2.64. The van der Waals surface area contributed by atoms with E-state index in [1.165, 1.54) is 10.9 Å². The Balaban J connectivity index is 0.000000531. The second-order valence-corrected chi connectivity index (χ2v) is 3.47. The summed E-state index contributed by atoms with van der Waals surface area (Å²) in [5.41, 5.74) is 2.43. The Labute approximate surface area is 91.1 Å². The summed E-state index contributed by atoms with van der Waals surface area (Å²) in [4.78, 5) is 9.42. The van der Waals surface area contributed by atoms with Crippen molar-refractivity contribution in [2.75, 3.05) is 14.1 Å². The highest BCUT2D eigenvalue weighted by molar-refractivity contribution is 5.81. The molecule has 0 aliphatic heterocycles. The predicted octanol–water partition coefficient (Wildman–Crippen LogP) is 2.65. The monoisotopic (exact) mass is 205 g/mol. The fourth-order valence-corrected chi connectivity index (χ4v) is 1.50. The largest absolute Gasteiger partial charge is 0.360 e. The Morgan fingerprint density at radius 2 is 2.07 bits per heavy atom. The summed E-state index contributed by atoms with van der Waals surface area (Å²) >= 11 is 0. The number of hydrogen-bond donors (Lipinski definition) is 1. The van der Waals surface area contributed by atoms with E-state index in [9.17, 15) is 0 Å². The van der Waals surface area contributed by atoms with Gasteiger partial charge in [0.05, 0.1) is 11.7 Å². The summed E-state index contributed by atoms with van der Waals surface area (Å²) in [5.74, 6) is 0. The zero-order valence-corrected chi connectivity index (χ0v) is 9.91. The Kier molecular flexibility index (Phi) is 4.31. The van der Waals surface area contributed by atoms with E-state index >= 15 is 0 Å². The summed E-state index contributed by atoms with van der Waals surface area (Å²) in [6, 6.07) is 2.05. The molecule has 0 aliphatic carbocycles. The van der Waals surface area contributed by atoms with Crippen LogP contribution < -0.4 is 0 Å². The Morgan fingerprint density at radius 3 is 2.73 bits per heavy atom. The minimum atomic E-state index is 0.962. The Morgan fingerprint density at radius 1 is 1.33 bits per heavy atom. The van der Waals surface area contributed by atoms with E-state index in [4.69, 9.17) is 0 Å². The van der Waals surface area contributed by atoms with Crippen molar-refractivity contribution in [2.24, 2.45) is 0 Å². The third-order valence-corrected chi connectivity index (χ3v) is 2.06. The second-order valence-electron chi connectivity index (χ2n) is 3.47. The number of fused-ring (bicyclic) bond motifs is 1. The van der Waals surface area contributed by atoms with Crippen LogP contribution in [0, 0.1) is 0 Å². The number of aromatic amines is 1.